The van der Waals surface area contributed by atoms with Crippen LogP contribution in [0.1, 0.15) is 18.6 Å². The van der Waals surface area contributed by atoms with Crippen LogP contribution >= 0.6 is 11.3 Å². The summed E-state index contributed by atoms with van der Waals surface area (Å²) < 4.78 is 1.24. The first-order valence-corrected chi connectivity index (χ1v) is 4.80. The second-order valence-corrected chi connectivity index (χ2v) is 3.84. The Kier molecular flexibility index (Phi) is 1.87. The maximum Gasteiger partial charge on any atom is 0.0762 e. The van der Waals surface area contributed by atoms with Crippen molar-refractivity contribution in [1.82, 2.24) is 0 Å². The lowest BCUT2D eigenvalue weighted by Crippen LogP contribution is -1.88. The summed E-state index contributed by atoms with van der Waals surface area (Å²) in [5.41, 5.74) is 0.991. The molecule has 12 heavy (non-hydrogen) atoms. The van der Waals surface area contributed by atoms with Crippen LogP contribution in [0, 0.1) is 0 Å². The molecular weight excluding hydrogens is 168 g/mol. The van der Waals surface area contributed by atoms with Gasteiger partial charge in [0, 0.05) is 4.70 Å². The highest BCUT2D eigenvalue weighted by atomic mass is 32.1. The van der Waals surface area contributed by atoms with Gasteiger partial charge in [-0.05, 0) is 35.4 Å². The monoisotopic (exact) mass is 178 g/mol. The molecule has 2 heteroatoms. The van der Waals surface area contributed by atoms with Gasteiger partial charge in [0.2, 0.25) is 0 Å². The van der Waals surface area contributed by atoms with E-state index in [9.17, 15) is 5.11 Å². The van der Waals surface area contributed by atoms with Gasteiger partial charge in [-0.3, -0.25) is 0 Å². The second-order valence-electron chi connectivity index (χ2n) is 2.89. The van der Waals surface area contributed by atoms with Gasteiger partial charge in [-0.2, -0.15) is 0 Å². The summed E-state index contributed by atoms with van der Waals surface area (Å²) in [6.45, 7) is 1.79. The van der Waals surface area contributed by atoms with Crippen LogP contribution in [0.4, 0.5) is 0 Å². The molecule has 0 aliphatic carbocycles. The Balaban J connectivity index is 2.60. The van der Waals surface area contributed by atoms with Crippen LogP contribution in [0.25, 0.3) is 10.1 Å². The van der Waals surface area contributed by atoms with Gasteiger partial charge in [-0.1, -0.05) is 12.1 Å². The van der Waals surface area contributed by atoms with Crippen LogP contribution in [0.2, 0.25) is 0 Å². The lowest BCUT2D eigenvalue weighted by Gasteiger charge is -2.03. The van der Waals surface area contributed by atoms with Crippen molar-refractivity contribution in [3.8, 4) is 0 Å². The maximum absolute atomic E-state index is 9.33. The lowest BCUT2D eigenvalue weighted by atomic mass is 10.1. The van der Waals surface area contributed by atoms with E-state index in [1.807, 2.05) is 18.2 Å². The molecular formula is C10H10OS. The maximum atomic E-state index is 9.33. The zero-order valence-electron chi connectivity index (χ0n) is 6.82. The van der Waals surface area contributed by atoms with Gasteiger partial charge in [0.1, 0.15) is 0 Å². The van der Waals surface area contributed by atoms with Crippen molar-refractivity contribution in [1.29, 1.82) is 0 Å². The fraction of sp³-hybridized carbons (Fsp3) is 0.200. The number of thiophene rings is 1. The number of aliphatic hydroxyl groups is 1. The standard InChI is InChI=1S/C10H10OS/c1-7(11)9-3-2-8-4-5-12-10(8)6-9/h2-7,11H,1H3/t7-/m1/s1. The summed E-state index contributed by atoms with van der Waals surface area (Å²) in [4.78, 5) is 0. The summed E-state index contributed by atoms with van der Waals surface area (Å²) in [5, 5.41) is 12.6. The molecule has 1 N–H and O–H groups in total. The molecule has 0 aliphatic rings. The second kappa shape index (κ2) is 2.88. The van der Waals surface area contributed by atoms with Crippen molar-refractivity contribution in [3.05, 3.63) is 35.2 Å². The first kappa shape index (κ1) is 7.77. The van der Waals surface area contributed by atoms with Crippen molar-refractivity contribution < 1.29 is 5.11 Å². The summed E-state index contributed by atoms with van der Waals surface area (Å²) in [7, 11) is 0. The zero-order chi connectivity index (χ0) is 8.55. The molecule has 1 atom stereocenters. The molecule has 0 radical (unpaired) electrons. The van der Waals surface area contributed by atoms with Gasteiger partial charge in [-0.25, -0.2) is 0 Å². The van der Waals surface area contributed by atoms with E-state index < -0.39 is 0 Å². The van der Waals surface area contributed by atoms with Crippen molar-refractivity contribution >= 4 is 21.4 Å². The minimum Gasteiger partial charge on any atom is -0.389 e. The Hall–Kier alpha value is -0.860. The molecule has 0 aliphatic heterocycles. The van der Waals surface area contributed by atoms with Crippen LogP contribution in [0.15, 0.2) is 29.6 Å². The lowest BCUT2D eigenvalue weighted by molar-refractivity contribution is 0.199. The fourth-order valence-corrected chi connectivity index (χ4v) is 2.07. The predicted molar refractivity (Wildman–Crippen MR) is 52.5 cm³/mol. The number of rotatable bonds is 1. The number of benzene rings is 1. The van der Waals surface area contributed by atoms with Gasteiger partial charge < -0.3 is 5.11 Å². The van der Waals surface area contributed by atoms with Gasteiger partial charge in [-0.15, -0.1) is 11.3 Å². The van der Waals surface area contributed by atoms with E-state index in [1.54, 1.807) is 18.3 Å². The molecule has 62 valence electrons. The Morgan fingerprint density at radius 3 is 2.92 bits per heavy atom. The molecule has 0 unspecified atom stereocenters. The predicted octanol–water partition coefficient (Wildman–Crippen LogP) is 2.95. The van der Waals surface area contributed by atoms with E-state index in [1.165, 1.54) is 10.1 Å². The van der Waals surface area contributed by atoms with Crippen molar-refractivity contribution in [2.45, 2.75) is 13.0 Å². The SMILES string of the molecule is C[C@@H](O)c1ccc2ccsc2c1. The van der Waals surface area contributed by atoms with E-state index in [0.29, 0.717) is 0 Å². The molecule has 0 saturated heterocycles. The van der Waals surface area contributed by atoms with Crippen molar-refractivity contribution in [2.24, 2.45) is 0 Å². The minimum absolute atomic E-state index is 0.364. The molecule has 1 heterocycles. The minimum atomic E-state index is -0.364. The van der Waals surface area contributed by atoms with E-state index in [-0.39, 0.29) is 6.10 Å². The molecule has 2 rings (SSSR count). The summed E-state index contributed by atoms with van der Waals surface area (Å²) >= 11 is 1.71. The number of fused-ring (bicyclic) bond motifs is 1. The number of hydrogen-bond donors (Lipinski definition) is 1. The third-order valence-electron chi connectivity index (χ3n) is 1.96. The average molecular weight is 178 g/mol. The normalized spacial score (nSPS) is 13.5. The third kappa shape index (κ3) is 1.24. The topological polar surface area (TPSA) is 20.2 Å². The Morgan fingerprint density at radius 2 is 2.17 bits per heavy atom. The van der Waals surface area contributed by atoms with E-state index in [0.717, 1.165) is 5.56 Å². The van der Waals surface area contributed by atoms with Crippen LogP contribution in [-0.2, 0) is 0 Å². The average Bonchev–Trinajstić information content (AvgIpc) is 2.49. The third-order valence-corrected chi connectivity index (χ3v) is 2.84. The Bertz CT molecular complexity index is 389. The highest BCUT2D eigenvalue weighted by Gasteiger charge is 2.01. The fourth-order valence-electron chi connectivity index (χ4n) is 1.23. The van der Waals surface area contributed by atoms with Gasteiger partial charge in [0.05, 0.1) is 6.10 Å². The molecule has 1 aromatic carbocycles. The smallest absolute Gasteiger partial charge is 0.0762 e. The Labute approximate surface area is 75.3 Å². The van der Waals surface area contributed by atoms with Gasteiger partial charge in [0.25, 0.3) is 0 Å². The van der Waals surface area contributed by atoms with Crippen LogP contribution < -0.4 is 0 Å². The first-order chi connectivity index (χ1) is 5.77. The molecule has 1 nitrogen and oxygen atoms in total. The van der Waals surface area contributed by atoms with E-state index in [4.69, 9.17) is 0 Å². The summed E-state index contributed by atoms with van der Waals surface area (Å²) in [6, 6.07) is 8.16. The molecule has 0 fully saturated rings. The molecule has 0 bridgehead atoms. The zero-order valence-corrected chi connectivity index (χ0v) is 7.64. The molecule has 2 aromatic rings. The Morgan fingerprint density at radius 1 is 1.33 bits per heavy atom. The van der Waals surface area contributed by atoms with Crippen LogP contribution in [-0.4, -0.2) is 5.11 Å². The summed E-state index contributed by atoms with van der Waals surface area (Å²) in [5.74, 6) is 0. The van der Waals surface area contributed by atoms with Gasteiger partial charge >= 0.3 is 0 Å². The van der Waals surface area contributed by atoms with Crippen LogP contribution in [0.5, 0.6) is 0 Å². The molecule has 0 saturated carbocycles. The largest absolute Gasteiger partial charge is 0.389 e. The van der Waals surface area contributed by atoms with Gasteiger partial charge in [0.15, 0.2) is 0 Å². The molecule has 1 aromatic heterocycles. The number of aliphatic hydroxyl groups excluding tert-OH is 1. The quantitative estimate of drug-likeness (QED) is 0.711. The van der Waals surface area contributed by atoms with E-state index >= 15 is 0 Å². The molecule has 0 amide bonds. The van der Waals surface area contributed by atoms with Crippen molar-refractivity contribution in [3.63, 3.8) is 0 Å². The summed E-state index contributed by atoms with van der Waals surface area (Å²) in [6.07, 6.45) is -0.364. The van der Waals surface area contributed by atoms with Crippen LogP contribution in [0.3, 0.4) is 0 Å². The highest BCUT2D eigenvalue weighted by Crippen LogP contribution is 2.24. The van der Waals surface area contributed by atoms with Crippen molar-refractivity contribution in [2.75, 3.05) is 0 Å². The molecule has 0 spiro atoms. The van der Waals surface area contributed by atoms with E-state index in [2.05, 4.69) is 11.4 Å². The highest BCUT2D eigenvalue weighted by molar-refractivity contribution is 7.17. The first-order valence-electron chi connectivity index (χ1n) is 3.92. The number of hydrogen-bond acceptors (Lipinski definition) is 2.